The van der Waals surface area contributed by atoms with Crippen LogP contribution < -0.4 is 0 Å². The van der Waals surface area contributed by atoms with E-state index >= 15 is 0 Å². The summed E-state index contributed by atoms with van der Waals surface area (Å²) in [4.78, 5) is 0. The minimum Gasteiger partial charge on any atom is -0.0654 e. The van der Waals surface area contributed by atoms with Crippen LogP contribution in [-0.4, -0.2) is 0 Å². The SMILES string of the molecule is CC1=C(C)c2cc3c(cc2C1)C=C(I)C3. The van der Waals surface area contributed by atoms with Gasteiger partial charge in [-0.15, -0.1) is 0 Å². The molecule has 0 unspecified atom stereocenters. The van der Waals surface area contributed by atoms with Gasteiger partial charge in [-0.1, -0.05) is 17.7 Å². The average Bonchev–Trinajstić information content (AvgIpc) is 2.65. The second-order valence-corrected chi connectivity index (χ2v) is 5.94. The molecule has 0 saturated carbocycles. The van der Waals surface area contributed by atoms with Gasteiger partial charge in [-0.3, -0.25) is 0 Å². The van der Waals surface area contributed by atoms with Crippen molar-refractivity contribution in [3.63, 3.8) is 0 Å². The molecule has 76 valence electrons. The molecule has 0 N–H and O–H groups in total. The standard InChI is InChI=1S/C14H13I/c1-8-3-12-4-10-5-13(15)6-11(10)7-14(12)9(8)2/h4-5,7H,3,6H2,1-2H3. The topological polar surface area (TPSA) is 0 Å². The maximum absolute atomic E-state index is 2.44. The lowest BCUT2D eigenvalue weighted by molar-refractivity contribution is 1.18. The van der Waals surface area contributed by atoms with E-state index in [1.54, 1.807) is 0 Å². The molecular formula is C14H13I. The van der Waals surface area contributed by atoms with Crippen LogP contribution in [0.1, 0.15) is 36.1 Å². The average molecular weight is 308 g/mol. The second-order valence-electron chi connectivity index (χ2n) is 4.56. The van der Waals surface area contributed by atoms with Gasteiger partial charge < -0.3 is 0 Å². The van der Waals surface area contributed by atoms with Crippen molar-refractivity contribution < 1.29 is 0 Å². The van der Waals surface area contributed by atoms with Gasteiger partial charge in [-0.05, 0) is 80.3 Å². The third-order valence-corrected chi connectivity index (χ3v) is 4.23. The van der Waals surface area contributed by atoms with Crippen LogP contribution in [0.4, 0.5) is 0 Å². The zero-order valence-electron chi connectivity index (χ0n) is 9.02. The molecule has 0 nitrogen and oxygen atoms in total. The van der Waals surface area contributed by atoms with E-state index in [2.05, 4.69) is 54.6 Å². The van der Waals surface area contributed by atoms with Gasteiger partial charge in [0, 0.05) is 6.42 Å². The summed E-state index contributed by atoms with van der Waals surface area (Å²) < 4.78 is 1.46. The fourth-order valence-electron chi connectivity index (χ4n) is 2.54. The van der Waals surface area contributed by atoms with Gasteiger partial charge >= 0.3 is 0 Å². The summed E-state index contributed by atoms with van der Waals surface area (Å²) in [6.45, 7) is 4.50. The lowest BCUT2D eigenvalue weighted by Gasteiger charge is -2.05. The number of allylic oxidation sites excluding steroid dienone is 3. The van der Waals surface area contributed by atoms with Crippen LogP contribution in [-0.2, 0) is 12.8 Å². The molecule has 0 bridgehead atoms. The summed E-state index contributed by atoms with van der Waals surface area (Å²) in [5.41, 5.74) is 8.99. The number of rotatable bonds is 0. The van der Waals surface area contributed by atoms with Crippen molar-refractivity contribution in [1.29, 1.82) is 0 Å². The predicted molar refractivity (Wildman–Crippen MR) is 74.1 cm³/mol. The van der Waals surface area contributed by atoms with Crippen LogP contribution in [0.5, 0.6) is 0 Å². The number of hydrogen-bond donors (Lipinski definition) is 0. The molecule has 0 spiro atoms. The number of benzene rings is 1. The van der Waals surface area contributed by atoms with Crippen molar-refractivity contribution in [1.82, 2.24) is 0 Å². The molecular weight excluding hydrogens is 295 g/mol. The Morgan fingerprint density at radius 3 is 2.67 bits per heavy atom. The van der Waals surface area contributed by atoms with Crippen molar-refractivity contribution in [2.45, 2.75) is 26.7 Å². The summed E-state index contributed by atoms with van der Waals surface area (Å²) in [5.74, 6) is 0. The normalized spacial score (nSPS) is 17.9. The third kappa shape index (κ3) is 1.40. The van der Waals surface area contributed by atoms with Gasteiger partial charge in [0.05, 0.1) is 0 Å². The Morgan fingerprint density at radius 2 is 1.87 bits per heavy atom. The monoisotopic (exact) mass is 308 g/mol. The van der Waals surface area contributed by atoms with Crippen molar-refractivity contribution in [2.75, 3.05) is 0 Å². The van der Waals surface area contributed by atoms with Crippen LogP contribution in [0.25, 0.3) is 11.6 Å². The number of fused-ring (bicyclic) bond motifs is 2. The van der Waals surface area contributed by atoms with Crippen LogP contribution in [0.3, 0.4) is 0 Å². The first-order valence-corrected chi connectivity index (χ1v) is 6.41. The molecule has 0 saturated heterocycles. The molecule has 0 fully saturated rings. The fourth-order valence-corrected chi connectivity index (χ4v) is 3.29. The van der Waals surface area contributed by atoms with Crippen LogP contribution in [0.2, 0.25) is 0 Å². The van der Waals surface area contributed by atoms with Gasteiger partial charge in [0.25, 0.3) is 0 Å². The zero-order chi connectivity index (χ0) is 10.6. The van der Waals surface area contributed by atoms with Gasteiger partial charge in [-0.2, -0.15) is 0 Å². The molecule has 2 aliphatic rings. The van der Waals surface area contributed by atoms with E-state index in [-0.39, 0.29) is 0 Å². The van der Waals surface area contributed by atoms with E-state index in [9.17, 15) is 0 Å². The second kappa shape index (κ2) is 3.21. The molecule has 2 aliphatic carbocycles. The molecule has 0 amide bonds. The maximum atomic E-state index is 2.44. The number of halogens is 1. The van der Waals surface area contributed by atoms with Crippen molar-refractivity contribution >= 4 is 34.2 Å². The minimum atomic E-state index is 1.13. The van der Waals surface area contributed by atoms with Crippen LogP contribution in [0, 0.1) is 0 Å². The smallest absolute Gasteiger partial charge is 0.00389 e. The largest absolute Gasteiger partial charge is 0.0654 e. The molecule has 0 heterocycles. The Bertz CT molecular complexity index is 518. The third-order valence-electron chi connectivity index (χ3n) is 3.54. The van der Waals surface area contributed by atoms with E-state index in [4.69, 9.17) is 0 Å². The van der Waals surface area contributed by atoms with E-state index < -0.39 is 0 Å². The van der Waals surface area contributed by atoms with Gasteiger partial charge in [0.15, 0.2) is 0 Å². The molecule has 0 radical (unpaired) electrons. The van der Waals surface area contributed by atoms with E-state index in [0.29, 0.717) is 0 Å². The van der Waals surface area contributed by atoms with Gasteiger partial charge in [0.2, 0.25) is 0 Å². The lowest BCUT2D eigenvalue weighted by atomic mass is 9.99. The Morgan fingerprint density at radius 1 is 1.07 bits per heavy atom. The van der Waals surface area contributed by atoms with Gasteiger partial charge in [0.1, 0.15) is 0 Å². The molecule has 0 atom stereocenters. The van der Waals surface area contributed by atoms with Crippen molar-refractivity contribution in [3.8, 4) is 0 Å². The Balaban J connectivity index is 2.17. The molecule has 15 heavy (non-hydrogen) atoms. The summed E-state index contributed by atoms with van der Waals surface area (Å²) in [5, 5.41) is 0. The quantitative estimate of drug-likeness (QED) is 0.624. The van der Waals surface area contributed by atoms with E-state index in [1.165, 1.54) is 37.0 Å². The van der Waals surface area contributed by atoms with E-state index in [0.717, 1.165) is 12.8 Å². The highest BCUT2D eigenvalue weighted by Gasteiger charge is 2.20. The molecule has 1 aromatic carbocycles. The van der Waals surface area contributed by atoms with Crippen molar-refractivity contribution in [2.24, 2.45) is 0 Å². The maximum Gasteiger partial charge on any atom is 0.00389 e. The number of hydrogen-bond acceptors (Lipinski definition) is 0. The van der Waals surface area contributed by atoms with Gasteiger partial charge in [-0.25, -0.2) is 0 Å². The van der Waals surface area contributed by atoms with Crippen LogP contribution >= 0.6 is 22.6 Å². The summed E-state index contributed by atoms with van der Waals surface area (Å²) in [7, 11) is 0. The van der Waals surface area contributed by atoms with E-state index in [1.807, 2.05) is 0 Å². The molecule has 0 aromatic heterocycles. The highest BCUT2D eigenvalue weighted by atomic mass is 127. The molecule has 0 aliphatic heterocycles. The fraction of sp³-hybridized carbons (Fsp3) is 0.286. The summed E-state index contributed by atoms with van der Waals surface area (Å²) in [6, 6.07) is 4.79. The zero-order valence-corrected chi connectivity index (χ0v) is 11.2. The molecule has 1 aromatic rings. The lowest BCUT2D eigenvalue weighted by Crippen LogP contribution is -1.89. The Kier molecular flexibility index (Phi) is 2.06. The Hall–Kier alpha value is -0.570. The van der Waals surface area contributed by atoms with Crippen LogP contribution in [0.15, 0.2) is 21.3 Å². The highest BCUT2D eigenvalue weighted by Crippen LogP contribution is 2.38. The van der Waals surface area contributed by atoms with Crippen molar-refractivity contribution in [3.05, 3.63) is 43.5 Å². The summed E-state index contributed by atoms with van der Waals surface area (Å²) in [6.07, 6.45) is 4.60. The highest BCUT2D eigenvalue weighted by molar-refractivity contribution is 14.1. The molecule has 1 heteroatoms. The Labute approximate surface area is 104 Å². The molecule has 3 rings (SSSR count). The first-order chi connectivity index (χ1) is 7.15. The predicted octanol–water partition coefficient (Wildman–Crippen LogP) is 4.37. The first-order valence-electron chi connectivity index (χ1n) is 5.34. The minimum absolute atomic E-state index is 1.13. The summed E-state index contributed by atoms with van der Waals surface area (Å²) >= 11 is 2.44. The first kappa shape index (κ1) is 9.64.